The van der Waals surface area contributed by atoms with E-state index in [4.69, 9.17) is 4.98 Å². The standard InChI is InChI=1S/C21H22BrN3O/c1-14(2)12-25-19-6-4-3-5-18(19)23-21(25)15-11-20(26)24(13-15)17-9-7-16(22)8-10-17/h3-10,14-15H,11-13H2,1-2H3. The lowest BCUT2D eigenvalue weighted by Gasteiger charge is -2.18. The highest BCUT2D eigenvalue weighted by Crippen LogP contribution is 2.34. The van der Waals surface area contributed by atoms with Crippen molar-refractivity contribution >= 4 is 38.6 Å². The molecule has 1 aliphatic heterocycles. The molecule has 0 bridgehead atoms. The minimum absolute atomic E-state index is 0.122. The molecule has 0 aliphatic carbocycles. The number of nitrogens with zero attached hydrogens (tertiary/aromatic N) is 3. The Hall–Kier alpha value is -2.14. The number of imidazole rings is 1. The summed E-state index contributed by atoms with van der Waals surface area (Å²) in [6.07, 6.45) is 0.511. The largest absolute Gasteiger partial charge is 0.327 e. The third kappa shape index (κ3) is 3.16. The number of rotatable bonds is 4. The molecule has 1 fully saturated rings. The van der Waals surface area contributed by atoms with Crippen LogP contribution in [0.5, 0.6) is 0 Å². The molecule has 1 aromatic heterocycles. The first-order valence-electron chi connectivity index (χ1n) is 9.04. The first-order chi connectivity index (χ1) is 12.5. The highest BCUT2D eigenvalue weighted by molar-refractivity contribution is 9.10. The van der Waals surface area contributed by atoms with Gasteiger partial charge in [-0.05, 0) is 42.3 Å². The van der Waals surface area contributed by atoms with Crippen molar-refractivity contribution in [1.82, 2.24) is 9.55 Å². The summed E-state index contributed by atoms with van der Waals surface area (Å²) in [5.74, 6) is 1.84. The summed E-state index contributed by atoms with van der Waals surface area (Å²) >= 11 is 3.45. The Morgan fingerprint density at radius 3 is 2.62 bits per heavy atom. The van der Waals surface area contributed by atoms with Crippen LogP contribution in [0.25, 0.3) is 11.0 Å². The second kappa shape index (κ2) is 6.88. The van der Waals surface area contributed by atoms with Crippen molar-refractivity contribution in [2.24, 2.45) is 5.92 Å². The maximum atomic E-state index is 12.7. The average molecular weight is 412 g/mol. The number of para-hydroxylation sites is 2. The van der Waals surface area contributed by atoms with Gasteiger partial charge in [-0.1, -0.05) is 41.9 Å². The van der Waals surface area contributed by atoms with E-state index in [-0.39, 0.29) is 11.8 Å². The van der Waals surface area contributed by atoms with Crippen molar-refractivity contribution < 1.29 is 4.79 Å². The van der Waals surface area contributed by atoms with E-state index in [0.29, 0.717) is 18.9 Å². The van der Waals surface area contributed by atoms with Crippen LogP contribution in [-0.2, 0) is 11.3 Å². The zero-order valence-electron chi connectivity index (χ0n) is 15.0. The molecule has 2 aromatic carbocycles. The molecule has 134 valence electrons. The highest BCUT2D eigenvalue weighted by atomic mass is 79.9. The molecule has 0 N–H and O–H groups in total. The summed E-state index contributed by atoms with van der Waals surface area (Å²) < 4.78 is 3.33. The number of benzene rings is 2. The maximum absolute atomic E-state index is 12.7. The van der Waals surface area contributed by atoms with E-state index in [1.54, 1.807) is 0 Å². The SMILES string of the molecule is CC(C)Cn1c(C2CC(=O)N(c3ccc(Br)cc3)C2)nc2ccccc21. The number of halogens is 1. The Labute approximate surface area is 162 Å². The third-order valence-electron chi connectivity index (χ3n) is 4.86. The van der Waals surface area contributed by atoms with E-state index in [2.05, 4.69) is 52.5 Å². The van der Waals surface area contributed by atoms with Crippen LogP contribution in [0, 0.1) is 5.92 Å². The fourth-order valence-electron chi connectivity index (χ4n) is 3.71. The summed E-state index contributed by atoms with van der Waals surface area (Å²) in [6, 6.07) is 16.2. The van der Waals surface area contributed by atoms with Crippen molar-refractivity contribution in [3.05, 3.63) is 58.8 Å². The van der Waals surface area contributed by atoms with E-state index in [1.807, 2.05) is 35.2 Å². The number of hydrogen-bond acceptors (Lipinski definition) is 2. The molecule has 2 heterocycles. The average Bonchev–Trinajstić information content (AvgIpc) is 3.16. The molecule has 0 radical (unpaired) electrons. The van der Waals surface area contributed by atoms with Crippen LogP contribution >= 0.6 is 15.9 Å². The summed E-state index contributed by atoms with van der Waals surface area (Å²) in [5.41, 5.74) is 3.12. The lowest BCUT2D eigenvalue weighted by Crippen LogP contribution is -2.24. The molecule has 26 heavy (non-hydrogen) atoms. The second-order valence-corrected chi connectivity index (χ2v) is 8.26. The predicted molar refractivity (Wildman–Crippen MR) is 108 cm³/mol. The predicted octanol–water partition coefficient (Wildman–Crippen LogP) is 4.98. The first-order valence-corrected chi connectivity index (χ1v) is 9.83. The number of aromatic nitrogens is 2. The van der Waals surface area contributed by atoms with Crippen LogP contribution in [0.3, 0.4) is 0 Å². The van der Waals surface area contributed by atoms with E-state index >= 15 is 0 Å². The smallest absolute Gasteiger partial charge is 0.227 e. The van der Waals surface area contributed by atoms with Crippen LogP contribution < -0.4 is 4.90 Å². The van der Waals surface area contributed by atoms with Gasteiger partial charge in [-0.3, -0.25) is 4.79 Å². The van der Waals surface area contributed by atoms with Gasteiger partial charge in [0.2, 0.25) is 5.91 Å². The van der Waals surface area contributed by atoms with Crippen molar-refractivity contribution in [2.75, 3.05) is 11.4 Å². The maximum Gasteiger partial charge on any atom is 0.227 e. The zero-order valence-corrected chi connectivity index (χ0v) is 16.6. The molecule has 4 nitrogen and oxygen atoms in total. The topological polar surface area (TPSA) is 38.1 Å². The summed E-state index contributed by atoms with van der Waals surface area (Å²) in [4.78, 5) is 19.5. The molecule has 1 saturated heterocycles. The number of fused-ring (bicyclic) bond motifs is 1. The molecule has 5 heteroatoms. The molecule has 3 aromatic rings. The fourth-order valence-corrected chi connectivity index (χ4v) is 3.98. The van der Waals surface area contributed by atoms with E-state index in [0.717, 1.165) is 33.6 Å². The van der Waals surface area contributed by atoms with E-state index in [1.165, 1.54) is 0 Å². The van der Waals surface area contributed by atoms with Gasteiger partial charge in [-0.25, -0.2) is 4.98 Å². The van der Waals surface area contributed by atoms with Crippen LogP contribution in [0.2, 0.25) is 0 Å². The van der Waals surface area contributed by atoms with Crippen LogP contribution in [0.1, 0.15) is 32.0 Å². The van der Waals surface area contributed by atoms with Crippen LogP contribution in [0.15, 0.2) is 53.0 Å². The Kier molecular flexibility index (Phi) is 4.57. The number of anilines is 1. The van der Waals surface area contributed by atoms with E-state index < -0.39 is 0 Å². The molecule has 4 rings (SSSR count). The molecule has 1 amide bonds. The van der Waals surface area contributed by atoms with Crippen molar-refractivity contribution in [2.45, 2.75) is 32.7 Å². The molecular formula is C21H22BrN3O. The monoisotopic (exact) mass is 411 g/mol. The molecular weight excluding hydrogens is 390 g/mol. The third-order valence-corrected chi connectivity index (χ3v) is 5.39. The van der Waals surface area contributed by atoms with Crippen molar-refractivity contribution in [3.8, 4) is 0 Å². The van der Waals surface area contributed by atoms with E-state index in [9.17, 15) is 4.79 Å². The molecule has 1 atom stereocenters. The molecule has 1 unspecified atom stereocenters. The van der Waals surface area contributed by atoms with Gasteiger partial charge in [-0.2, -0.15) is 0 Å². The second-order valence-electron chi connectivity index (χ2n) is 7.34. The van der Waals surface area contributed by atoms with Gasteiger partial charge in [0.15, 0.2) is 0 Å². The Morgan fingerprint density at radius 2 is 1.88 bits per heavy atom. The number of amides is 1. The van der Waals surface area contributed by atoms with Gasteiger partial charge in [0.05, 0.1) is 11.0 Å². The van der Waals surface area contributed by atoms with Gasteiger partial charge < -0.3 is 9.47 Å². The number of hydrogen-bond donors (Lipinski definition) is 0. The molecule has 0 spiro atoms. The Morgan fingerprint density at radius 1 is 1.15 bits per heavy atom. The zero-order chi connectivity index (χ0) is 18.3. The highest BCUT2D eigenvalue weighted by Gasteiger charge is 2.34. The minimum Gasteiger partial charge on any atom is -0.327 e. The van der Waals surface area contributed by atoms with Gasteiger partial charge in [-0.15, -0.1) is 0 Å². The quantitative estimate of drug-likeness (QED) is 0.607. The fraction of sp³-hybridized carbons (Fsp3) is 0.333. The summed E-state index contributed by atoms with van der Waals surface area (Å²) in [7, 11) is 0. The molecule has 1 aliphatic rings. The van der Waals surface area contributed by atoms with Crippen molar-refractivity contribution in [1.29, 1.82) is 0 Å². The minimum atomic E-state index is 0.122. The Bertz CT molecular complexity index is 946. The van der Waals surface area contributed by atoms with Gasteiger partial charge in [0.25, 0.3) is 0 Å². The summed E-state index contributed by atoms with van der Waals surface area (Å²) in [5, 5.41) is 0. The Balaban J connectivity index is 1.69. The van der Waals surface area contributed by atoms with Gasteiger partial charge >= 0.3 is 0 Å². The van der Waals surface area contributed by atoms with Crippen LogP contribution in [-0.4, -0.2) is 22.0 Å². The summed E-state index contributed by atoms with van der Waals surface area (Å²) in [6.45, 7) is 6.03. The normalized spacial score (nSPS) is 17.6. The van der Waals surface area contributed by atoms with Crippen molar-refractivity contribution in [3.63, 3.8) is 0 Å². The number of carbonyl (C=O) groups excluding carboxylic acids is 1. The lowest BCUT2D eigenvalue weighted by molar-refractivity contribution is -0.117. The number of carbonyl (C=O) groups is 1. The molecule has 0 saturated carbocycles. The lowest BCUT2D eigenvalue weighted by atomic mass is 10.1. The van der Waals surface area contributed by atoms with Gasteiger partial charge in [0.1, 0.15) is 5.82 Å². The van der Waals surface area contributed by atoms with Crippen LogP contribution in [0.4, 0.5) is 5.69 Å². The van der Waals surface area contributed by atoms with Gasteiger partial charge in [0, 0.05) is 35.6 Å². The first kappa shape index (κ1) is 17.3.